The third kappa shape index (κ3) is 5.46. The second-order valence-corrected chi connectivity index (χ2v) is 11.2. The van der Waals surface area contributed by atoms with Gasteiger partial charge in [0.2, 0.25) is 0 Å². The number of aryl methyl sites for hydroxylation is 1. The molecule has 0 amide bonds. The summed E-state index contributed by atoms with van der Waals surface area (Å²) in [6, 6.07) is 15.7. The van der Waals surface area contributed by atoms with Crippen LogP contribution in [-0.2, 0) is 17.8 Å². The van der Waals surface area contributed by atoms with Gasteiger partial charge in [0.25, 0.3) is 0 Å². The number of likely N-dealkylation sites (tertiary alicyclic amines) is 1. The highest BCUT2D eigenvalue weighted by Crippen LogP contribution is 2.39. The normalized spacial score (nSPS) is 18.6. The molecule has 3 aromatic rings. The summed E-state index contributed by atoms with van der Waals surface area (Å²) in [4.78, 5) is 7.00. The summed E-state index contributed by atoms with van der Waals surface area (Å²) in [5, 5.41) is 22.7. The van der Waals surface area contributed by atoms with E-state index in [2.05, 4.69) is 22.0 Å². The molecule has 0 saturated carbocycles. The molecule has 0 spiro atoms. The fourth-order valence-corrected chi connectivity index (χ4v) is 5.74. The number of aromatic nitrogens is 1. The summed E-state index contributed by atoms with van der Waals surface area (Å²) in [7, 11) is 0. The molecule has 2 aliphatic rings. The van der Waals surface area contributed by atoms with Gasteiger partial charge >= 0.3 is 0 Å². The van der Waals surface area contributed by atoms with Gasteiger partial charge in [0, 0.05) is 42.0 Å². The molecule has 0 aliphatic carbocycles. The minimum atomic E-state index is -0.947. The van der Waals surface area contributed by atoms with Crippen LogP contribution < -0.4 is 4.74 Å². The van der Waals surface area contributed by atoms with Crippen molar-refractivity contribution in [3.05, 3.63) is 99.3 Å². The quantitative estimate of drug-likeness (QED) is 0.435. The summed E-state index contributed by atoms with van der Waals surface area (Å²) in [5.41, 5.74) is 5.18. The van der Waals surface area contributed by atoms with E-state index in [1.54, 1.807) is 20.0 Å². The molecule has 0 atom stereocenters. The Kier molecular flexibility index (Phi) is 7.16. The van der Waals surface area contributed by atoms with Gasteiger partial charge in [-0.3, -0.25) is 4.98 Å². The van der Waals surface area contributed by atoms with Crippen LogP contribution in [0.3, 0.4) is 0 Å². The molecule has 1 aromatic heterocycles. The highest BCUT2D eigenvalue weighted by atomic mass is 35.5. The lowest BCUT2D eigenvalue weighted by Gasteiger charge is -2.39. The lowest BCUT2D eigenvalue weighted by Crippen LogP contribution is -2.43. The predicted molar refractivity (Wildman–Crippen MR) is 148 cm³/mol. The minimum absolute atomic E-state index is 0.414. The first-order valence-corrected chi connectivity index (χ1v) is 13.4. The molecular weight excluding hydrogens is 484 g/mol. The third-order valence-electron chi connectivity index (χ3n) is 7.69. The van der Waals surface area contributed by atoms with Crippen molar-refractivity contribution in [2.75, 3.05) is 19.6 Å². The highest BCUT2D eigenvalue weighted by molar-refractivity contribution is 6.30. The largest absolute Gasteiger partial charge is 0.487 e. The maximum absolute atomic E-state index is 11.4. The minimum Gasteiger partial charge on any atom is -0.487 e. The van der Waals surface area contributed by atoms with Crippen LogP contribution in [0.25, 0.3) is 5.57 Å². The molecule has 6 heteroatoms. The molecule has 5 nitrogen and oxygen atoms in total. The number of aliphatic hydroxyl groups is 2. The van der Waals surface area contributed by atoms with Gasteiger partial charge in [0.15, 0.2) is 0 Å². The monoisotopic (exact) mass is 518 g/mol. The molecule has 2 aromatic carbocycles. The Morgan fingerprint density at radius 2 is 1.89 bits per heavy atom. The average molecular weight is 519 g/mol. The van der Waals surface area contributed by atoms with E-state index < -0.39 is 11.2 Å². The van der Waals surface area contributed by atoms with Gasteiger partial charge in [-0.25, -0.2) is 0 Å². The van der Waals surface area contributed by atoms with E-state index in [-0.39, 0.29) is 0 Å². The van der Waals surface area contributed by atoms with Crippen molar-refractivity contribution in [3.63, 3.8) is 0 Å². The van der Waals surface area contributed by atoms with Crippen LogP contribution in [0.4, 0.5) is 0 Å². The van der Waals surface area contributed by atoms with Crippen molar-refractivity contribution in [2.24, 2.45) is 0 Å². The van der Waals surface area contributed by atoms with E-state index in [0.717, 1.165) is 70.9 Å². The second kappa shape index (κ2) is 10.2. The SMILES string of the molecule is Cc1cc(Cl)ccc1C1(O)CCN(CC/C=C2/c3cc(C(C)(C)O)ccc3OCc3ncccc32)CC1. The number of halogens is 1. The fourth-order valence-electron chi connectivity index (χ4n) is 5.51. The van der Waals surface area contributed by atoms with Crippen LogP contribution in [0.2, 0.25) is 5.02 Å². The first kappa shape index (κ1) is 25.9. The Labute approximate surface area is 224 Å². The van der Waals surface area contributed by atoms with E-state index in [1.165, 1.54) is 0 Å². The Morgan fingerprint density at radius 3 is 2.62 bits per heavy atom. The van der Waals surface area contributed by atoms with E-state index >= 15 is 0 Å². The third-order valence-corrected chi connectivity index (χ3v) is 7.92. The number of nitrogens with zero attached hydrogens (tertiary/aromatic N) is 2. The van der Waals surface area contributed by atoms with E-state index in [0.29, 0.717) is 24.5 Å². The van der Waals surface area contributed by atoms with Gasteiger partial charge in [0.05, 0.1) is 16.9 Å². The number of piperidine rings is 1. The summed E-state index contributed by atoms with van der Waals surface area (Å²) < 4.78 is 6.12. The molecule has 2 aliphatic heterocycles. The van der Waals surface area contributed by atoms with Crippen molar-refractivity contribution in [3.8, 4) is 5.75 Å². The summed E-state index contributed by atoms with van der Waals surface area (Å²) in [5.74, 6) is 0.804. The van der Waals surface area contributed by atoms with Crippen LogP contribution in [0, 0.1) is 6.92 Å². The molecule has 37 heavy (non-hydrogen) atoms. The van der Waals surface area contributed by atoms with Gasteiger partial charge < -0.3 is 19.8 Å². The molecule has 0 unspecified atom stereocenters. The zero-order chi connectivity index (χ0) is 26.2. The van der Waals surface area contributed by atoms with Crippen LogP contribution in [0.15, 0.2) is 60.8 Å². The van der Waals surface area contributed by atoms with Crippen LogP contribution in [0.1, 0.15) is 66.6 Å². The molecule has 0 bridgehead atoms. The number of pyridine rings is 1. The van der Waals surface area contributed by atoms with Crippen LogP contribution in [-0.4, -0.2) is 39.7 Å². The van der Waals surface area contributed by atoms with Crippen molar-refractivity contribution >= 4 is 17.2 Å². The maximum Gasteiger partial charge on any atom is 0.131 e. The van der Waals surface area contributed by atoms with Gasteiger partial charge in [0.1, 0.15) is 12.4 Å². The Bertz CT molecular complexity index is 1320. The number of ether oxygens (including phenoxy) is 1. The standard InChI is InChI=1S/C31H35ClN2O3/c1-21-18-23(32)9-10-27(21)31(36)12-16-34(17-13-31)15-5-7-24-25-6-4-14-33-28(25)20-37-29-11-8-22(19-26(24)29)30(2,3)35/h4,6-11,14,18-19,35-36H,5,12-13,15-17,20H2,1-3H3/b24-7+. The Morgan fingerprint density at radius 1 is 1.11 bits per heavy atom. The number of hydrogen-bond donors (Lipinski definition) is 2. The summed E-state index contributed by atoms with van der Waals surface area (Å²) in [6.45, 7) is 8.60. The van der Waals surface area contributed by atoms with Gasteiger partial charge in [-0.15, -0.1) is 0 Å². The van der Waals surface area contributed by atoms with Crippen molar-refractivity contribution in [1.82, 2.24) is 9.88 Å². The predicted octanol–water partition coefficient (Wildman–Crippen LogP) is 5.97. The molecule has 3 heterocycles. The average Bonchev–Trinajstić information content (AvgIpc) is 3.01. The highest BCUT2D eigenvalue weighted by Gasteiger charge is 2.35. The molecule has 0 radical (unpaired) electrons. The molecular formula is C31H35ClN2O3. The van der Waals surface area contributed by atoms with Crippen molar-refractivity contribution in [2.45, 2.75) is 57.8 Å². The molecule has 1 saturated heterocycles. The first-order chi connectivity index (χ1) is 17.6. The summed E-state index contributed by atoms with van der Waals surface area (Å²) >= 11 is 6.13. The molecule has 5 rings (SSSR count). The first-order valence-electron chi connectivity index (χ1n) is 13.0. The number of fused-ring (bicyclic) bond motifs is 2. The van der Waals surface area contributed by atoms with Crippen molar-refractivity contribution in [1.29, 1.82) is 0 Å². The Hall–Kier alpha value is -2.70. The van der Waals surface area contributed by atoms with E-state index in [1.807, 2.05) is 49.4 Å². The molecule has 1 fully saturated rings. The van der Waals surface area contributed by atoms with E-state index in [9.17, 15) is 10.2 Å². The number of hydrogen-bond acceptors (Lipinski definition) is 5. The van der Waals surface area contributed by atoms with Crippen LogP contribution >= 0.6 is 11.6 Å². The Balaban J connectivity index is 1.35. The topological polar surface area (TPSA) is 65.8 Å². The zero-order valence-electron chi connectivity index (χ0n) is 21.8. The maximum atomic E-state index is 11.4. The number of rotatable bonds is 5. The van der Waals surface area contributed by atoms with Gasteiger partial charge in [-0.2, -0.15) is 0 Å². The zero-order valence-corrected chi connectivity index (χ0v) is 22.6. The van der Waals surface area contributed by atoms with Gasteiger partial charge in [-0.1, -0.05) is 35.9 Å². The molecule has 2 N–H and O–H groups in total. The lowest BCUT2D eigenvalue weighted by molar-refractivity contribution is -0.0259. The van der Waals surface area contributed by atoms with Crippen molar-refractivity contribution < 1.29 is 14.9 Å². The lowest BCUT2D eigenvalue weighted by atomic mass is 9.82. The summed E-state index contributed by atoms with van der Waals surface area (Å²) in [6.07, 6.45) is 6.32. The smallest absolute Gasteiger partial charge is 0.131 e. The fraction of sp³-hybridized carbons (Fsp3) is 0.387. The second-order valence-electron chi connectivity index (χ2n) is 10.8. The molecule has 194 valence electrons. The van der Waals surface area contributed by atoms with Gasteiger partial charge in [-0.05, 0) is 92.6 Å². The van der Waals surface area contributed by atoms with Crippen LogP contribution in [0.5, 0.6) is 5.75 Å². The number of benzene rings is 2. The van der Waals surface area contributed by atoms with E-state index in [4.69, 9.17) is 16.3 Å².